The second kappa shape index (κ2) is 6.82. The Morgan fingerprint density at radius 2 is 1.47 bits per heavy atom. The second-order valence-corrected chi connectivity index (χ2v) is 8.31. The molecule has 0 aliphatic heterocycles. The van der Waals surface area contributed by atoms with Gasteiger partial charge in [0.05, 0.1) is 11.2 Å². The number of para-hydroxylation sites is 1. The first-order valence-corrected chi connectivity index (χ1v) is 10.6. The SMILES string of the molecule is Brc1ccc(-c2cc(-c3cc4ccccc4o3)c3c(ccc4ccccc43)n2)cc1. The molecule has 142 valence electrons. The van der Waals surface area contributed by atoms with Crippen LogP contribution >= 0.6 is 15.9 Å². The highest BCUT2D eigenvalue weighted by Crippen LogP contribution is 2.38. The van der Waals surface area contributed by atoms with Crippen LogP contribution in [0.3, 0.4) is 0 Å². The summed E-state index contributed by atoms with van der Waals surface area (Å²) in [5.41, 5.74) is 4.92. The van der Waals surface area contributed by atoms with E-state index in [1.165, 1.54) is 10.8 Å². The Balaban J connectivity index is 1.72. The van der Waals surface area contributed by atoms with E-state index in [1.54, 1.807) is 0 Å². The fourth-order valence-electron chi connectivity index (χ4n) is 4.08. The van der Waals surface area contributed by atoms with Gasteiger partial charge in [-0.15, -0.1) is 0 Å². The molecule has 0 N–H and O–H groups in total. The van der Waals surface area contributed by atoms with Crippen molar-refractivity contribution in [1.29, 1.82) is 0 Å². The maximum atomic E-state index is 6.29. The van der Waals surface area contributed by atoms with Crippen LogP contribution in [0.1, 0.15) is 0 Å². The molecular formula is C27H16BrNO. The minimum atomic E-state index is 0.860. The molecule has 2 aromatic heterocycles. The Labute approximate surface area is 181 Å². The predicted octanol–water partition coefficient (Wildman–Crippen LogP) is 8.23. The fraction of sp³-hybridized carbons (Fsp3) is 0. The third kappa shape index (κ3) is 2.82. The first kappa shape index (κ1) is 17.4. The normalized spacial score (nSPS) is 11.5. The van der Waals surface area contributed by atoms with Crippen molar-refractivity contribution in [3.8, 4) is 22.6 Å². The smallest absolute Gasteiger partial charge is 0.136 e. The monoisotopic (exact) mass is 449 g/mol. The van der Waals surface area contributed by atoms with Gasteiger partial charge >= 0.3 is 0 Å². The van der Waals surface area contributed by atoms with E-state index in [0.29, 0.717) is 0 Å². The summed E-state index contributed by atoms with van der Waals surface area (Å²) in [4.78, 5) is 5.01. The van der Waals surface area contributed by atoms with Crippen LogP contribution in [0.4, 0.5) is 0 Å². The first-order valence-electron chi connectivity index (χ1n) is 9.84. The first-order chi connectivity index (χ1) is 14.8. The minimum absolute atomic E-state index is 0.860. The second-order valence-electron chi connectivity index (χ2n) is 7.39. The van der Waals surface area contributed by atoms with Crippen molar-refractivity contribution in [2.75, 3.05) is 0 Å². The molecular weight excluding hydrogens is 434 g/mol. The molecule has 0 radical (unpaired) electrons. The van der Waals surface area contributed by atoms with Crippen LogP contribution in [-0.4, -0.2) is 4.98 Å². The lowest BCUT2D eigenvalue weighted by Gasteiger charge is -2.11. The van der Waals surface area contributed by atoms with Crippen molar-refractivity contribution < 1.29 is 4.42 Å². The molecule has 0 saturated heterocycles. The summed E-state index contributed by atoms with van der Waals surface area (Å²) in [7, 11) is 0. The van der Waals surface area contributed by atoms with Crippen LogP contribution in [-0.2, 0) is 0 Å². The van der Waals surface area contributed by atoms with Crippen molar-refractivity contribution >= 4 is 48.6 Å². The molecule has 30 heavy (non-hydrogen) atoms. The molecule has 2 nitrogen and oxygen atoms in total. The third-order valence-corrected chi connectivity index (χ3v) is 6.06. The fourth-order valence-corrected chi connectivity index (χ4v) is 4.35. The lowest BCUT2D eigenvalue weighted by Crippen LogP contribution is -1.90. The molecule has 3 heteroatoms. The van der Waals surface area contributed by atoms with Gasteiger partial charge in [0.15, 0.2) is 0 Å². The summed E-state index contributed by atoms with van der Waals surface area (Å²) in [5, 5.41) is 4.59. The number of furan rings is 1. The van der Waals surface area contributed by atoms with Crippen molar-refractivity contribution in [2.45, 2.75) is 0 Å². The molecule has 0 saturated carbocycles. The Bertz CT molecular complexity index is 1510. The maximum absolute atomic E-state index is 6.29. The Morgan fingerprint density at radius 3 is 2.30 bits per heavy atom. The topological polar surface area (TPSA) is 26.0 Å². The molecule has 0 atom stereocenters. The zero-order valence-corrected chi connectivity index (χ0v) is 17.6. The predicted molar refractivity (Wildman–Crippen MR) is 128 cm³/mol. The Hall–Kier alpha value is -3.43. The number of rotatable bonds is 2. The molecule has 2 heterocycles. The van der Waals surface area contributed by atoms with E-state index >= 15 is 0 Å². The maximum Gasteiger partial charge on any atom is 0.136 e. The lowest BCUT2D eigenvalue weighted by atomic mass is 9.97. The highest BCUT2D eigenvalue weighted by Gasteiger charge is 2.15. The number of benzene rings is 4. The van der Waals surface area contributed by atoms with Crippen LogP contribution in [0.2, 0.25) is 0 Å². The van der Waals surface area contributed by atoms with Gasteiger partial charge < -0.3 is 4.42 Å². The van der Waals surface area contributed by atoms with Crippen LogP contribution in [0.25, 0.3) is 55.2 Å². The standard InChI is InChI=1S/C27H16BrNO/c28-20-12-9-18(10-13-20)24-16-22(26-15-19-6-2-4-8-25(19)30-26)27-21-7-3-1-5-17(21)11-14-23(27)29-24/h1-16H. The summed E-state index contributed by atoms with van der Waals surface area (Å²) in [6, 6.07) is 33.3. The molecule has 0 unspecified atom stereocenters. The average molecular weight is 450 g/mol. The number of hydrogen-bond donors (Lipinski definition) is 0. The van der Waals surface area contributed by atoms with E-state index in [-0.39, 0.29) is 0 Å². The van der Waals surface area contributed by atoms with Gasteiger partial charge in [-0.2, -0.15) is 0 Å². The number of pyridine rings is 1. The van der Waals surface area contributed by atoms with Crippen molar-refractivity contribution in [3.05, 3.63) is 102 Å². The van der Waals surface area contributed by atoms with E-state index in [2.05, 4.69) is 82.7 Å². The molecule has 0 spiro atoms. The Kier molecular flexibility index (Phi) is 3.96. The highest BCUT2D eigenvalue weighted by atomic mass is 79.9. The summed E-state index contributed by atoms with van der Waals surface area (Å²) in [6.07, 6.45) is 0. The van der Waals surface area contributed by atoms with Crippen LogP contribution in [0.5, 0.6) is 0 Å². The highest BCUT2D eigenvalue weighted by molar-refractivity contribution is 9.10. The molecule has 6 rings (SSSR count). The molecule has 6 aromatic rings. The van der Waals surface area contributed by atoms with E-state index in [4.69, 9.17) is 9.40 Å². The number of aromatic nitrogens is 1. The quantitative estimate of drug-likeness (QED) is 0.248. The number of nitrogens with zero attached hydrogens (tertiary/aromatic N) is 1. The largest absolute Gasteiger partial charge is 0.456 e. The number of halogens is 1. The Morgan fingerprint density at radius 1 is 0.700 bits per heavy atom. The number of fused-ring (bicyclic) bond motifs is 4. The van der Waals surface area contributed by atoms with Crippen LogP contribution in [0, 0.1) is 0 Å². The van der Waals surface area contributed by atoms with Gasteiger partial charge in [-0.25, -0.2) is 4.98 Å². The van der Waals surface area contributed by atoms with E-state index in [9.17, 15) is 0 Å². The van der Waals surface area contributed by atoms with Gasteiger partial charge in [0.25, 0.3) is 0 Å². The third-order valence-electron chi connectivity index (χ3n) is 5.53. The van der Waals surface area contributed by atoms with E-state index in [0.717, 1.165) is 48.9 Å². The zero-order chi connectivity index (χ0) is 20.1. The minimum Gasteiger partial charge on any atom is -0.456 e. The van der Waals surface area contributed by atoms with Crippen molar-refractivity contribution in [3.63, 3.8) is 0 Å². The average Bonchev–Trinajstić information content (AvgIpc) is 3.23. The molecule has 0 amide bonds. The molecule has 4 aromatic carbocycles. The lowest BCUT2D eigenvalue weighted by molar-refractivity contribution is 0.632. The van der Waals surface area contributed by atoms with Crippen LogP contribution < -0.4 is 0 Å². The van der Waals surface area contributed by atoms with Gasteiger partial charge in [-0.05, 0) is 47.2 Å². The van der Waals surface area contributed by atoms with Gasteiger partial charge in [0.2, 0.25) is 0 Å². The zero-order valence-electron chi connectivity index (χ0n) is 16.0. The van der Waals surface area contributed by atoms with Crippen LogP contribution in [0.15, 0.2) is 106 Å². The van der Waals surface area contributed by atoms with E-state index < -0.39 is 0 Å². The van der Waals surface area contributed by atoms with Crippen molar-refractivity contribution in [1.82, 2.24) is 4.98 Å². The molecule has 0 bridgehead atoms. The molecule has 0 aliphatic rings. The van der Waals surface area contributed by atoms with Gasteiger partial charge in [0, 0.05) is 26.4 Å². The van der Waals surface area contributed by atoms with Gasteiger partial charge in [-0.3, -0.25) is 0 Å². The number of hydrogen-bond acceptors (Lipinski definition) is 2. The molecule has 0 aliphatic carbocycles. The van der Waals surface area contributed by atoms with Crippen molar-refractivity contribution in [2.24, 2.45) is 0 Å². The summed E-state index contributed by atoms with van der Waals surface area (Å²) >= 11 is 3.52. The summed E-state index contributed by atoms with van der Waals surface area (Å²) < 4.78 is 7.34. The summed E-state index contributed by atoms with van der Waals surface area (Å²) in [5.74, 6) is 0.860. The van der Waals surface area contributed by atoms with E-state index in [1.807, 2.05) is 30.3 Å². The molecule has 0 fully saturated rings. The summed E-state index contributed by atoms with van der Waals surface area (Å²) in [6.45, 7) is 0. The van der Waals surface area contributed by atoms with Gasteiger partial charge in [-0.1, -0.05) is 76.6 Å². The van der Waals surface area contributed by atoms with Gasteiger partial charge in [0.1, 0.15) is 11.3 Å².